The molecule has 0 radical (unpaired) electrons. The topological polar surface area (TPSA) is 36.4 Å². The van der Waals surface area contributed by atoms with Gasteiger partial charge in [-0.25, -0.2) is 9.38 Å². The molecule has 1 aromatic carbocycles. The number of benzene rings is 1. The van der Waals surface area contributed by atoms with Crippen LogP contribution in [0.4, 0.5) is 4.39 Å². The quantitative estimate of drug-likeness (QED) is 0.619. The molecular formula is C15H17BrFN3S. The van der Waals surface area contributed by atoms with Crippen LogP contribution in [0.1, 0.15) is 17.4 Å². The van der Waals surface area contributed by atoms with Crippen molar-refractivity contribution < 1.29 is 4.39 Å². The lowest BCUT2D eigenvalue weighted by molar-refractivity contribution is 0.625. The molecule has 3 nitrogen and oxygen atoms in total. The van der Waals surface area contributed by atoms with E-state index in [-0.39, 0.29) is 5.82 Å². The van der Waals surface area contributed by atoms with E-state index in [1.807, 2.05) is 18.4 Å². The lowest BCUT2D eigenvalue weighted by atomic mass is 10.2. The summed E-state index contributed by atoms with van der Waals surface area (Å²) < 4.78 is 14.2. The molecule has 0 atom stereocenters. The van der Waals surface area contributed by atoms with Crippen molar-refractivity contribution in [3.63, 3.8) is 0 Å². The molecule has 112 valence electrons. The molecule has 0 unspecified atom stereocenters. The van der Waals surface area contributed by atoms with Gasteiger partial charge in [0.25, 0.3) is 0 Å². The zero-order valence-electron chi connectivity index (χ0n) is 11.7. The molecule has 0 spiro atoms. The smallest absolute Gasteiger partial charge is 0.191 e. The number of aliphatic imine (C=N–C) groups is 1. The number of hydrogen-bond acceptors (Lipinski definition) is 2. The summed E-state index contributed by atoms with van der Waals surface area (Å²) in [7, 11) is 0. The van der Waals surface area contributed by atoms with Crippen LogP contribution >= 0.6 is 27.3 Å². The first-order valence-electron chi connectivity index (χ1n) is 6.67. The van der Waals surface area contributed by atoms with Gasteiger partial charge >= 0.3 is 0 Å². The third-order valence-corrected chi connectivity index (χ3v) is 4.40. The highest BCUT2D eigenvalue weighted by Crippen LogP contribution is 2.19. The summed E-state index contributed by atoms with van der Waals surface area (Å²) in [5.41, 5.74) is 0.853. The van der Waals surface area contributed by atoms with Crippen LogP contribution in [0.5, 0.6) is 0 Å². The molecule has 1 heterocycles. The number of halogens is 2. The second-order valence-electron chi connectivity index (χ2n) is 4.41. The molecule has 6 heteroatoms. The average molecular weight is 370 g/mol. The molecule has 0 aliphatic carbocycles. The molecule has 0 amide bonds. The van der Waals surface area contributed by atoms with Gasteiger partial charge < -0.3 is 10.6 Å². The highest BCUT2D eigenvalue weighted by Gasteiger charge is 2.01. The van der Waals surface area contributed by atoms with Crippen molar-refractivity contribution >= 4 is 33.2 Å². The molecular weight excluding hydrogens is 353 g/mol. The Labute approximate surface area is 136 Å². The second kappa shape index (κ2) is 8.14. The standard InChI is InChI=1S/C15H17BrFN3S/c1-2-18-15(20-9-14-7-12(16)10-21-14)19-8-11-4-3-5-13(17)6-11/h3-7,10H,2,8-9H2,1H3,(H2,18,19,20). The average Bonchev–Trinajstić information content (AvgIpc) is 2.88. The van der Waals surface area contributed by atoms with Crippen molar-refractivity contribution in [1.29, 1.82) is 0 Å². The molecule has 1 aromatic heterocycles. The Bertz CT molecular complexity index is 612. The Morgan fingerprint density at radius 3 is 2.86 bits per heavy atom. The molecule has 0 saturated heterocycles. The van der Waals surface area contributed by atoms with Crippen molar-refractivity contribution in [1.82, 2.24) is 10.6 Å². The number of thiophene rings is 1. The highest BCUT2D eigenvalue weighted by molar-refractivity contribution is 9.10. The van der Waals surface area contributed by atoms with Crippen LogP contribution < -0.4 is 10.6 Å². The number of nitrogens with zero attached hydrogens (tertiary/aromatic N) is 1. The number of nitrogens with one attached hydrogen (secondary N) is 2. The van der Waals surface area contributed by atoms with Crippen LogP contribution in [0.25, 0.3) is 0 Å². The fraction of sp³-hybridized carbons (Fsp3) is 0.267. The summed E-state index contributed by atoms with van der Waals surface area (Å²) >= 11 is 5.12. The zero-order valence-corrected chi connectivity index (χ0v) is 14.1. The predicted octanol–water partition coefficient (Wildman–Crippen LogP) is 3.91. The van der Waals surface area contributed by atoms with Gasteiger partial charge in [-0.15, -0.1) is 11.3 Å². The van der Waals surface area contributed by atoms with Crippen LogP contribution in [0.2, 0.25) is 0 Å². The first-order chi connectivity index (χ1) is 10.2. The summed E-state index contributed by atoms with van der Waals surface area (Å²) in [4.78, 5) is 5.69. The van der Waals surface area contributed by atoms with Crippen molar-refractivity contribution in [3.8, 4) is 0 Å². The van der Waals surface area contributed by atoms with Gasteiger partial charge in [0.15, 0.2) is 5.96 Å². The van der Waals surface area contributed by atoms with E-state index in [2.05, 4.69) is 37.6 Å². The van der Waals surface area contributed by atoms with E-state index in [9.17, 15) is 4.39 Å². The Morgan fingerprint density at radius 2 is 2.19 bits per heavy atom. The summed E-state index contributed by atoms with van der Waals surface area (Å²) in [5, 5.41) is 8.50. The van der Waals surface area contributed by atoms with Crippen molar-refractivity contribution in [2.45, 2.75) is 20.0 Å². The van der Waals surface area contributed by atoms with E-state index in [0.717, 1.165) is 22.5 Å². The third-order valence-electron chi connectivity index (χ3n) is 2.70. The van der Waals surface area contributed by atoms with Gasteiger partial charge in [-0.1, -0.05) is 12.1 Å². The summed E-state index contributed by atoms with van der Waals surface area (Å²) in [6.45, 7) is 3.96. The molecule has 0 saturated carbocycles. The van der Waals surface area contributed by atoms with Crippen LogP contribution in [0.3, 0.4) is 0 Å². The first-order valence-corrected chi connectivity index (χ1v) is 8.34. The maximum atomic E-state index is 13.1. The van der Waals surface area contributed by atoms with Gasteiger partial charge in [0, 0.05) is 21.3 Å². The summed E-state index contributed by atoms with van der Waals surface area (Å²) in [5.74, 6) is 0.496. The largest absolute Gasteiger partial charge is 0.357 e. The fourth-order valence-electron chi connectivity index (χ4n) is 1.76. The first kappa shape index (κ1) is 16.0. The summed E-state index contributed by atoms with van der Waals surface area (Å²) in [6, 6.07) is 8.58. The monoisotopic (exact) mass is 369 g/mol. The Kier molecular flexibility index (Phi) is 6.20. The lowest BCUT2D eigenvalue weighted by Gasteiger charge is -2.10. The van der Waals surface area contributed by atoms with E-state index >= 15 is 0 Å². The van der Waals surface area contributed by atoms with Crippen LogP contribution in [-0.2, 0) is 13.1 Å². The Hall–Kier alpha value is -1.40. The lowest BCUT2D eigenvalue weighted by Crippen LogP contribution is -2.36. The van der Waals surface area contributed by atoms with Crippen LogP contribution in [0, 0.1) is 5.82 Å². The van der Waals surface area contributed by atoms with Gasteiger partial charge in [0.1, 0.15) is 5.82 Å². The van der Waals surface area contributed by atoms with Gasteiger partial charge in [-0.05, 0) is 46.6 Å². The molecule has 2 aromatic rings. The molecule has 0 fully saturated rings. The minimum Gasteiger partial charge on any atom is -0.357 e. The Balaban J connectivity index is 1.95. The maximum absolute atomic E-state index is 13.1. The maximum Gasteiger partial charge on any atom is 0.191 e. The van der Waals surface area contributed by atoms with E-state index in [4.69, 9.17) is 0 Å². The SMILES string of the molecule is CCNC(=NCc1cccc(F)c1)NCc1cc(Br)cs1. The highest BCUT2D eigenvalue weighted by atomic mass is 79.9. The summed E-state index contributed by atoms with van der Waals surface area (Å²) in [6.07, 6.45) is 0. The van der Waals surface area contributed by atoms with Gasteiger partial charge in [0.2, 0.25) is 0 Å². The van der Waals surface area contributed by atoms with Crippen LogP contribution in [-0.4, -0.2) is 12.5 Å². The molecule has 0 aliphatic heterocycles. The van der Waals surface area contributed by atoms with Crippen molar-refractivity contribution in [2.24, 2.45) is 4.99 Å². The Morgan fingerprint density at radius 1 is 1.33 bits per heavy atom. The molecule has 0 aliphatic rings. The second-order valence-corrected chi connectivity index (χ2v) is 6.32. The third kappa shape index (κ3) is 5.47. The van der Waals surface area contributed by atoms with E-state index in [1.54, 1.807) is 17.4 Å². The minimum atomic E-state index is -0.232. The van der Waals surface area contributed by atoms with Crippen molar-refractivity contribution in [2.75, 3.05) is 6.54 Å². The van der Waals surface area contributed by atoms with E-state index < -0.39 is 0 Å². The minimum absolute atomic E-state index is 0.232. The molecule has 2 rings (SSSR count). The molecule has 21 heavy (non-hydrogen) atoms. The molecule has 2 N–H and O–H groups in total. The number of guanidine groups is 1. The fourth-order valence-corrected chi connectivity index (χ4v) is 3.16. The predicted molar refractivity (Wildman–Crippen MR) is 90.1 cm³/mol. The zero-order chi connectivity index (χ0) is 15.1. The number of rotatable bonds is 5. The normalized spacial score (nSPS) is 11.5. The van der Waals surface area contributed by atoms with Crippen molar-refractivity contribution in [3.05, 3.63) is 56.4 Å². The van der Waals surface area contributed by atoms with E-state index in [1.165, 1.54) is 17.0 Å². The van der Waals surface area contributed by atoms with Gasteiger partial charge in [-0.3, -0.25) is 0 Å². The molecule has 0 bridgehead atoms. The number of hydrogen-bond donors (Lipinski definition) is 2. The van der Waals surface area contributed by atoms with E-state index in [0.29, 0.717) is 13.1 Å². The van der Waals surface area contributed by atoms with Crippen LogP contribution in [0.15, 0.2) is 45.2 Å². The van der Waals surface area contributed by atoms with Gasteiger partial charge in [0.05, 0.1) is 13.1 Å². The van der Waals surface area contributed by atoms with Gasteiger partial charge in [-0.2, -0.15) is 0 Å².